The van der Waals surface area contributed by atoms with Gasteiger partial charge in [-0.05, 0) is 41.9 Å². The number of nitrogens with zero attached hydrogens (tertiary/aromatic N) is 1. The molecule has 0 aromatic heterocycles. The Hall–Kier alpha value is -0.870. The summed E-state index contributed by atoms with van der Waals surface area (Å²) in [5.74, 6) is 0. The van der Waals surface area contributed by atoms with E-state index in [0.29, 0.717) is 6.54 Å². The molecular weight excluding hydrogens is 336 g/mol. The molecule has 2 N–H and O–H groups in total. The maximum absolute atomic E-state index is 6.29. The molecule has 0 aliphatic heterocycles. The van der Waals surface area contributed by atoms with E-state index in [1.165, 1.54) is 5.56 Å². The third-order valence-electron chi connectivity index (χ3n) is 3.16. The number of rotatable bonds is 5. The first-order valence-electron chi connectivity index (χ1n) is 6.49. The zero-order valence-corrected chi connectivity index (χ0v) is 13.8. The van der Waals surface area contributed by atoms with E-state index in [1.54, 1.807) is 0 Å². The molecule has 0 unspecified atom stereocenters. The lowest BCUT2D eigenvalue weighted by Crippen LogP contribution is -2.17. The fourth-order valence-corrected chi connectivity index (χ4v) is 2.62. The van der Waals surface area contributed by atoms with Crippen molar-refractivity contribution in [3.8, 4) is 0 Å². The standard InChI is InChI=1S/C16H18BrClN2/c1-20(10-12-3-6-15(17)7-4-12)11-14-5-2-13(9-19)8-16(14)18/h2-8H,9-11,19H2,1H3. The van der Waals surface area contributed by atoms with Crippen LogP contribution in [0.25, 0.3) is 0 Å². The molecule has 0 aliphatic carbocycles. The lowest BCUT2D eigenvalue weighted by Gasteiger charge is -2.18. The van der Waals surface area contributed by atoms with E-state index in [-0.39, 0.29) is 0 Å². The van der Waals surface area contributed by atoms with Crippen molar-refractivity contribution < 1.29 is 0 Å². The quantitative estimate of drug-likeness (QED) is 0.873. The number of benzene rings is 2. The molecule has 2 nitrogen and oxygen atoms in total. The van der Waals surface area contributed by atoms with Gasteiger partial charge in [-0.25, -0.2) is 0 Å². The van der Waals surface area contributed by atoms with E-state index < -0.39 is 0 Å². The molecule has 2 aromatic rings. The maximum atomic E-state index is 6.29. The van der Waals surface area contributed by atoms with Crippen molar-refractivity contribution >= 4 is 27.5 Å². The average molecular weight is 354 g/mol. The molecule has 0 atom stereocenters. The Balaban J connectivity index is 2.00. The fourth-order valence-electron chi connectivity index (χ4n) is 2.09. The van der Waals surface area contributed by atoms with Crippen molar-refractivity contribution in [3.63, 3.8) is 0 Å². The van der Waals surface area contributed by atoms with E-state index in [0.717, 1.165) is 33.7 Å². The van der Waals surface area contributed by atoms with Crippen molar-refractivity contribution in [1.82, 2.24) is 4.90 Å². The van der Waals surface area contributed by atoms with Crippen LogP contribution in [0, 0.1) is 0 Å². The van der Waals surface area contributed by atoms with Crippen LogP contribution in [-0.2, 0) is 19.6 Å². The lowest BCUT2D eigenvalue weighted by atomic mass is 10.1. The van der Waals surface area contributed by atoms with Crippen molar-refractivity contribution in [2.24, 2.45) is 5.73 Å². The number of halogens is 2. The largest absolute Gasteiger partial charge is 0.326 e. The molecule has 0 saturated heterocycles. The van der Waals surface area contributed by atoms with Gasteiger partial charge in [0.1, 0.15) is 0 Å². The lowest BCUT2D eigenvalue weighted by molar-refractivity contribution is 0.319. The Labute approximate surface area is 133 Å². The Morgan fingerprint density at radius 1 is 1.05 bits per heavy atom. The van der Waals surface area contributed by atoms with Crippen LogP contribution in [0.1, 0.15) is 16.7 Å². The van der Waals surface area contributed by atoms with Gasteiger partial charge in [0.05, 0.1) is 0 Å². The summed E-state index contributed by atoms with van der Waals surface area (Å²) in [6.45, 7) is 2.23. The smallest absolute Gasteiger partial charge is 0.0454 e. The summed E-state index contributed by atoms with van der Waals surface area (Å²) in [6, 6.07) is 14.4. The molecule has 0 aliphatic rings. The monoisotopic (exact) mass is 352 g/mol. The van der Waals surface area contributed by atoms with Gasteiger partial charge in [0, 0.05) is 29.1 Å². The minimum atomic E-state index is 0.523. The van der Waals surface area contributed by atoms with Crippen molar-refractivity contribution in [2.75, 3.05) is 7.05 Å². The second-order valence-corrected chi connectivity index (χ2v) is 6.25. The topological polar surface area (TPSA) is 29.3 Å². The summed E-state index contributed by atoms with van der Waals surface area (Å²) < 4.78 is 1.10. The van der Waals surface area contributed by atoms with Gasteiger partial charge in [0.25, 0.3) is 0 Å². The van der Waals surface area contributed by atoms with Gasteiger partial charge >= 0.3 is 0 Å². The van der Waals surface area contributed by atoms with Crippen LogP contribution in [0.15, 0.2) is 46.9 Å². The minimum absolute atomic E-state index is 0.523. The molecule has 0 heterocycles. The summed E-state index contributed by atoms with van der Waals surface area (Å²) in [6.07, 6.45) is 0. The summed E-state index contributed by atoms with van der Waals surface area (Å²) in [7, 11) is 2.09. The van der Waals surface area contributed by atoms with E-state index >= 15 is 0 Å². The number of hydrogen-bond donors (Lipinski definition) is 1. The normalized spacial score (nSPS) is 11.1. The van der Waals surface area contributed by atoms with Crippen LogP contribution in [0.4, 0.5) is 0 Å². The highest BCUT2D eigenvalue weighted by atomic mass is 79.9. The predicted octanol–water partition coefficient (Wildman–Crippen LogP) is 4.19. The van der Waals surface area contributed by atoms with E-state index in [4.69, 9.17) is 17.3 Å². The van der Waals surface area contributed by atoms with Gasteiger partial charge in [-0.1, -0.05) is 51.8 Å². The Morgan fingerprint density at radius 3 is 2.30 bits per heavy atom. The van der Waals surface area contributed by atoms with Crippen LogP contribution in [0.2, 0.25) is 5.02 Å². The van der Waals surface area contributed by atoms with Crippen LogP contribution in [-0.4, -0.2) is 11.9 Å². The Kier molecular flexibility index (Phi) is 5.61. The Morgan fingerprint density at radius 2 is 1.70 bits per heavy atom. The van der Waals surface area contributed by atoms with Crippen molar-refractivity contribution in [1.29, 1.82) is 0 Å². The molecule has 0 saturated carbocycles. The minimum Gasteiger partial charge on any atom is -0.326 e. The van der Waals surface area contributed by atoms with Crippen LogP contribution in [0.3, 0.4) is 0 Å². The molecule has 0 spiro atoms. The van der Waals surface area contributed by atoms with Gasteiger partial charge < -0.3 is 5.73 Å². The van der Waals surface area contributed by atoms with Gasteiger partial charge in [-0.3, -0.25) is 4.90 Å². The zero-order chi connectivity index (χ0) is 14.5. The summed E-state index contributed by atoms with van der Waals surface area (Å²) in [4.78, 5) is 2.24. The zero-order valence-electron chi connectivity index (χ0n) is 11.4. The Bertz CT molecular complexity index is 569. The molecule has 0 fully saturated rings. The van der Waals surface area contributed by atoms with Gasteiger partial charge in [0.15, 0.2) is 0 Å². The summed E-state index contributed by atoms with van der Waals surface area (Å²) in [5.41, 5.74) is 9.09. The molecule has 106 valence electrons. The highest BCUT2D eigenvalue weighted by molar-refractivity contribution is 9.10. The van der Waals surface area contributed by atoms with Crippen molar-refractivity contribution in [3.05, 3.63) is 68.7 Å². The third kappa shape index (κ3) is 4.32. The SMILES string of the molecule is CN(Cc1ccc(Br)cc1)Cc1ccc(CN)cc1Cl. The van der Waals surface area contributed by atoms with Crippen molar-refractivity contribution in [2.45, 2.75) is 19.6 Å². The molecular formula is C16H18BrClN2. The van der Waals surface area contributed by atoms with Crippen LogP contribution < -0.4 is 5.73 Å². The van der Waals surface area contributed by atoms with E-state index in [1.807, 2.05) is 12.1 Å². The molecule has 0 amide bonds. The predicted molar refractivity (Wildman–Crippen MR) is 88.7 cm³/mol. The first kappa shape index (κ1) is 15.5. The molecule has 20 heavy (non-hydrogen) atoms. The first-order valence-corrected chi connectivity index (χ1v) is 7.66. The van der Waals surface area contributed by atoms with Crippen LogP contribution >= 0.6 is 27.5 Å². The maximum Gasteiger partial charge on any atom is 0.0454 e. The van der Waals surface area contributed by atoms with E-state index in [9.17, 15) is 0 Å². The van der Waals surface area contributed by atoms with E-state index in [2.05, 4.69) is 58.2 Å². The molecule has 2 aromatic carbocycles. The highest BCUT2D eigenvalue weighted by Gasteiger charge is 2.06. The molecule has 2 rings (SSSR count). The second kappa shape index (κ2) is 7.23. The first-order chi connectivity index (χ1) is 9.58. The number of hydrogen-bond acceptors (Lipinski definition) is 2. The summed E-state index contributed by atoms with van der Waals surface area (Å²) in [5, 5.41) is 0.788. The molecule has 0 bridgehead atoms. The van der Waals surface area contributed by atoms with Gasteiger partial charge in [0.2, 0.25) is 0 Å². The second-order valence-electron chi connectivity index (χ2n) is 4.93. The van der Waals surface area contributed by atoms with Gasteiger partial charge in [-0.15, -0.1) is 0 Å². The van der Waals surface area contributed by atoms with Crippen LogP contribution in [0.5, 0.6) is 0 Å². The third-order valence-corrected chi connectivity index (χ3v) is 4.04. The molecule has 0 radical (unpaired) electrons. The fraction of sp³-hybridized carbons (Fsp3) is 0.250. The van der Waals surface area contributed by atoms with Gasteiger partial charge in [-0.2, -0.15) is 0 Å². The molecule has 4 heteroatoms. The average Bonchev–Trinajstić information content (AvgIpc) is 2.43. The number of nitrogens with two attached hydrogens (primary N) is 1. The summed E-state index contributed by atoms with van der Waals surface area (Å²) >= 11 is 9.73. The highest BCUT2D eigenvalue weighted by Crippen LogP contribution is 2.20.